The van der Waals surface area contributed by atoms with Crippen LogP contribution in [0.5, 0.6) is 5.75 Å². The van der Waals surface area contributed by atoms with Crippen LogP contribution >= 0.6 is 15.9 Å². The van der Waals surface area contributed by atoms with Crippen LogP contribution in [0.2, 0.25) is 0 Å². The van der Waals surface area contributed by atoms with E-state index in [-0.39, 0.29) is 11.9 Å². The molecule has 1 atom stereocenters. The minimum Gasteiger partial charge on any atom is -0.497 e. The molecule has 3 amide bonds. The van der Waals surface area contributed by atoms with Crippen molar-refractivity contribution in [1.82, 2.24) is 10.2 Å². The summed E-state index contributed by atoms with van der Waals surface area (Å²) in [5, 5.41) is 5.92. The molecule has 1 saturated heterocycles. The van der Waals surface area contributed by atoms with Crippen molar-refractivity contribution in [3.05, 3.63) is 58.6 Å². The van der Waals surface area contributed by atoms with Crippen LogP contribution in [0.3, 0.4) is 0 Å². The van der Waals surface area contributed by atoms with Crippen molar-refractivity contribution < 1.29 is 14.3 Å². The maximum Gasteiger partial charge on any atom is 0.321 e. The number of piperidine rings is 1. The van der Waals surface area contributed by atoms with Crippen molar-refractivity contribution in [3.8, 4) is 5.75 Å². The van der Waals surface area contributed by atoms with Gasteiger partial charge in [0.1, 0.15) is 5.75 Å². The molecule has 7 heteroatoms. The van der Waals surface area contributed by atoms with Crippen LogP contribution in [-0.4, -0.2) is 37.0 Å². The van der Waals surface area contributed by atoms with E-state index >= 15 is 0 Å². The molecule has 1 heterocycles. The average molecular weight is 460 g/mol. The van der Waals surface area contributed by atoms with Crippen LogP contribution in [0.15, 0.2) is 53.0 Å². The number of benzene rings is 2. The van der Waals surface area contributed by atoms with E-state index in [0.29, 0.717) is 19.6 Å². The van der Waals surface area contributed by atoms with Crippen molar-refractivity contribution in [3.63, 3.8) is 0 Å². The Balaban J connectivity index is 1.59. The van der Waals surface area contributed by atoms with E-state index in [1.165, 1.54) is 0 Å². The van der Waals surface area contributed by atoms with Crippen LogP contribution in [0.1, 0.15) is 25.3 Å². The van der Waals surface area contributed by atoms with Gasteiger partial charge < -0.3 is 20.3 Å². The maximum absolute atomic E-state index is 12.9. The quantitative estimate of drug-likeness (QED) is 0.695. The number of amides is 3. The smallest absolute Gasteiger partial charge is 0.321 e. The second-order valence-corrected chi connectivity index (χ2v) is 8.47. The minimum absolute atomic E-state index is 0.0403. The first-order chi connectivity index (χ1) is 13.9. The van der Waals surface area contributed by atoms with E-state index in [2.05, 4.69) is 26.6 Å². The predicted octanol–water partition coefficient (Wildman–Crippen LogP) is 4.41. The summed E-state index contributed by atoms with van der Waals surface area (Å²) in [6, 6.07) is 14.9. The Morgan fingerprint density at radius 1 is 1.21 bits per heavy atom. The molecule has 6 nitrogen and oxygen atoms in total. The molecule has 0 spiro atoms. The number of anilines is 1. The van der Waals surface area contributed by atoms with Gasteiger partial charge in [-0.1, -0.05) is 28.1 Å². The van der Waals surface area contributed by atoms with Gasteiger partial charge in [-0.3, -0.25) is 4.79 Å². The summed E-state index contributed by atoms with van der Waals surface area (Å²) in [4.78, 5) is 27.3. The lowest BCUT2D eigenvalue weighted by molar-refractivity contribution is -0.132. The normalized spacial score (nSPS) is 18.8. The number of carbonyl (C=O) groups is 2. The fraction of sp³-hybridized carbons (Fsp3) is 0.364. The predicted molar refractivity (Wildman–Crippen MR) is 117 cm³/mol. The lowest BCUT2D eigenvalue weighted by Crippen LogP contribution is -2.52. The molecular weight excluding hydrogens is 434 g/mol. The third kappa shape index (κ3) is 5.50. The fourth-order valence-corrected chi connectivity index (χ4v) is 3.78. The number of hydrogen-bond acceptors (Lipinski definition) is 3. The molecular formula is C22H26BrN3O3. The van der Waals surface area contributed by atoms with Crippen molar-refractivity contribution in [2.24, 2.45) is 5.41 Å². The largest absolute Gasteiger partial charge is 0.497 e. The number of nitrogens with one attached hydrogen (secondary N) is 2. The minimum atomic E-state index is -0.617. The van der Waals surface area contributed by atoms with E-state index in [1.54, 1.807) is 12.0 Å². The SMILES string of the molecule is COc1cccc(CNC(=O)[C@]2(C)CCCN(C(=O)Nc3ccc(Br)cc3)C2)c1. The van der Waals surface area contributed by atoms with Crippen LogP contribution in [-0.2, 0) is 11.3 Å². The summed E-state index contributed by atoms with van der Waals surface area (Å²) in [6.45, 7) is 3.38. The number of nitrogens with zero attached hydrogens (tertiary/aromatic N) is 1. The van der Waals surface area contributed by atoms with Crippen LogP contribution in [0, 0.1) is 5.41 Å². The molecule has 0 saturated carbocycles. The van der Waals surface area contributed by atoms with Gasteiger partial charge >= 0.3 is 6.03 Å². The summed E-state index contributed by atoms with van der Waals surface area (Å²) < 4.78 is 6.18. The van der Waals surface area contributed by atoms with Crippen LogP contribution in [0.25, 0.3) is 0 Å². The molecule has 29 heavy (non-hydrogen) atoms. The number of methoxy groups -OCH3 is 1. The topological polar surface area (TPSA) is 70.7 Å². The highest BCUT2D eigenvalue weighted by atomic mass is 79.9. The van der Waals surface area contributed by atoms with Gasteiger partial charge in [0.25, 0.3) is 0 Å². The lowest BCUT2D eigenvalue weighted by atomic mass is 9.81. The van der Waals surface area contributed by atoms with Gasteiger partial charge in [0.15, 0.2) is 0 Å². The third-order valence-corrected chi connectivity index (χ3v) is 5.74. The molecule has 2 aromatic rings. The molecule has 0 bridgehead atoms. The number of rotatable bonds is 5. The Bertz CT molecular complexity index is 872. The monoisotopic (exact) mass is 459 g/mol. The standard InChI is InChI=1S/C22H26BrN3O3/c1-22(20(27)24-14-16-5-3-6-19(13-16)29-2)11-4-12-26(15-22)21(28)25-18-9-7-17(23)8-10-18/h3,5-10,13H,4,11-12,14-15H2,1-2H3,(H,24,27)(H,25,28)/t22-/m1/s1. The second kappa shape index (κ2) is 9.31. The first kappa shape index (κ1) is 21.2. The fourth-order valence-electron chi connectivity index (χ4n) is 3.51. The Morgan fingerprint density at radius 3 is 2.69 bits per heavy atom. The third-order valence-electron chi connectivity index (χ3n) is 5.21. The Morgan fingerprint density at radius 2 is 1.97 bits per heavy atom. The molecule has 2 N–H and O–H groups in total. The van der Waals surface area contributed by atoms with Crippen molar-refractivity contribution >= 4 is 33.6 Å². The van der Waals surface area contributed by atoms with E-state index in [9.17, 15) is 9.59 Å². The van der Waals surface area contributed by atoms with Gasteiger partial charge in [-0.15, -0.1) is 0 Å². The molecule has 0 aliphatic carbocycles. The highest BCUT2D eigenvalue weighted by Crippen LogP contribution is 2.30. The van der Waals surface area contributed by atoms with Gasteiger partial charge in [-0.25, -0.2) is 4.79 Å². The zero-order valence-corrected chi connectivity index (χ0v) is 18.3. The Labute approximate surface area is 179 Å². The Hall–Kier alpha value is -2.54. The molecule has 2 aromatic carbocycles. The number of urea groups is 1. The van der Waals surface area contributed by atoms with Crippen molar-refractivity contribution in [2.75, 3.05) is 25.5 Å². The lowest BCUT2D eigenvalue weighted by Gasteiger charge is -2.39. The first-order valence-electron chi connectivity index (χ1n) is 9.62. The molecule has 0 radical (unpaired) electrons. The number of ether oxygens (including phenoxy) is 1. The molecule has 3 rings (SSSR count). The first-order valence-corrected chi connectivity index (χ1v) is 10.4. The van der Waals surface area contributed by atoms with Gasteiger partial charge in [0.2, 0.25) is 5.91 Å². The summed E-state index contributed by atoms with van der Waals surface area (Å²) in [5.74, 6) is 0.720. The number of hydrogen-bond donors (Lipinski definition) is 2. The van der Waals surface area contributed by atoms with E-state index in [1.807, 2.05) is 55.5 Å². The van der Waals surface area contributed by atoms with Crippen molar-refractivity contribution in [1.29, 1.82) is 0 Å². The molecule has 1 fully saturated rings. The van der Waals surface area contributed by atoms with Crippen LogP contribution < -0.4 is 15.4 Å². The van der Waals surface area contributed by atoms with Crippen LogP contribution in [0.4, 0.5) is 10.5 Å². The van der Waals surface area contributed by atoms with E-state index in [4.69, 9.17) is 4.74 Å². The summed E-state index contributed by atoms with van der Waals surface area (Å²) >= 11 is 3.38. The second-order valence-electron chi connectivity index (χ2n) is 7.56. The van der Waals surface area contributed by atoms with Gasteiger partial charge in [-0.2, -0.15) is 0 Å². The molecule has 1 aliphatic rings. The number of carbonyl (C=O) groups excluding carboxylic acids is 2. The highest BCUT2D eigenvalue weighted by Gasteiger charge is 2.39. The zero-order chi connectivity index (χ0) is 20.9. The molecule has 154 valence electrons. The van der Waals surface area contributed by atoms with Gasteiger partial charge in [0, 0.05) is 29.8 Å². The molecule has 0 aromatic heterocycles. The van der Waals surface area contributed by atoms with E-state index in [0.717, 1.165) is 34.3 Å². The van der Waals surface area contributed by atoms with Crippen molar-refractivity contribution in [2.45, 2.75) is 26.3 Å². The number of likely N-dealkylation sites (tertiary alicyclic amines) is 1. The summed E-state index contributed by atoms with van der Waals surface area (Å²) in [5.41, 5.74) is 1.09. The zero-order valence-electron chi connectivity index (χ0n) is 16.7. The summed E-state index contributed by atoms with van der Waals surface area (Å²) in [6.07, 6.45) is 1.54. The molecule has 0 unspecified atom stereocenters. The van der Waals surface area contributed by atoms with Gasteiger partial charge in [0.05, 0.1) is 12.5 Å². The molecule has 1 aliphatic heterocycles. The van der Waals surface area contributed by atoms with E-state index < -0.39 is 5.41 Å². The average Bonchev–Trinajstić information content (AvgIpc) is 2.73. The highest BCUT2D eigenvalue weighted by molar-refractivity contribution is 9.10. The summed E-state index contributed by atoms with van der Waals surface area (Å²) in [7, 11) is 1.62. The number of halogens is 1. The maximum atomic E-state index is 12.9. The van der Waals surface area contributed by atoms with Gasteiger partial charge in [-0.05, 0) is 61.7 Å². The Kier molecular flexibility index (Phi) is 6.79.